The van der Waals surface area contributed by atoms with E-state index in [-0.39, 0.29) is 5.41 Å². The predicted molar refractivity (Wildman–Crippen MR) is 197 cm³/mol. The molecule has 0 aromatic heterocycles. The fourth-order valence-corrected chi connectivity index (χ4v) is 4.44. The van der Waals surface area contributed by atoms with Crippen LogP contribution in [0.1, 0.15) is 134 Å². The van der Waals surface area contributed by atoms with Crippen molar-refractivity contribution in [3.8, 4) is 23.0 Å². The Morgan fingerprint density at radius 3 is 1.39 bits per heavy atom. The lowest BCUT2D eigenvalue weighted by atomic mass is 9.82. The van der Waals surface area contributed by atoms with E-state index in [0.29, 0.717) is 40.8 Å². The van der Waals surface area contributed by atoms with Gasteiger partial charge in [-0.05, 0) is 126 Å². The Morgan fingerprint density at radius 1 is 0.522 bits per heavy atom. The van der Waals surface area contributed by atoms with Crippen molar-refractivity contribution in [2.24, 2.45) is 0 Å². The molecular weight excluding hydrogens is 568 g/mol. The van der Waals surface area contributed by atoms with Gasteiger partial charge in [-0.25, -0.2) is 0 Å². The molecule has 0 amide bonds. The van der Waals surface area contributed by atoms with Gasteiger partial charge in [0, 0.05) is 0 Å². The van der Waals surface area contributed by atoms with E-state index < -0.39 is 0 Å². The molecule has 4 aromatic carbocycles. The van der Waals surface area contributed by atoms with Crippen molar-refractivity contribution < 1.29 is 20.4 Å². The Hall–Kier alpha value is -3.92. The first-order valence-corrected chi connectivity index (χ1v) is 16.9. The Morgan fingerprint density at radius 2 is 0.957 bits per heavy atom. The summed E-state index contributed by atoms with van der Waals surface area (Å²) >= 11 is 0. The third-order valence-corrected chi connectivity index (χ3v) is 9.06. The Kier molecular flexibility index (Phi) is 17.7. The summed E-state index contributed by atoms with van der Waals surface area (Å²) < 4.78 is 0. The van der Waals surface area contributed by atoms with Gasteiger partial charge in [-0.15, -0.1) is 0 Å². The van der Waals surface area contributed by atoms with Crippen molar-refractivity contribution in [2.45, 2.75) is 118 Å². The SMILES string of the molecule is CCC(C)(C)c1ccc(O)cc1.CCC(C)c1ccc(O)c(C)c1.CCC(C)c1ccc(O)cc1.CCC(C)c1cccc(O)c1. The van der Waals surface area contributed by atoms with Crippen molar-refractivity contribution in [3.05, 3.63) is 119 Å². The van der Waals surface area contributed by atoms with Gasteiger partial charge in [0.15, 0.2) is 0 Å². The third-order valence-electron chi connectivity index (χ3n) is 9.06. The number of hydrogen-bond acceptors (Lipinski definition) is 4. The molecule has 0 saturated heterocycles. The lowest BCUT2D eigenvalue weighted by Gasteiger charge is -2.22. The topological polar surface area (TPSA) is 80.9 Å². The highest BCUT2D eigenvalue weighted by molar-refractivity contribution is 5.36. The van der Waals surface area contributed by atoms with Gasteiger partial charge in [-0.3, -0.25) is 0 Å². The summed E-state index contributed by atoms with van der Waals surface area (Å²) in [6.45, 7) is 21.6. The summed E-state index contributed by atoms with van der Waals surface area (Å²) in [5, 5.41) is 36.6. The van der Waals surface area contributed by atoms with E-state index in [1.54, 1.807) is 36.4 Å². The van der Waals surface area contributed by atoms with Crippen LogP contribution in [0, 0.1) is 6.92 Å². The van der Waals surface area contributed by atoms with Crippen LogP contribution in [0.4, 0.5) is 0 Å². The fourth-order valence-electron chi connectivity index (χ4n) is 4.44. The average molecular weight is 629 g/mol. The largest absolute Gasteiger partial charge is 0.508 e. The van der Waals surface area contributed by atoms with Crippen LogP contribution in [0.3, 0.4) is 0 Å². The molecule has 0 bridgehead atoms. The molecule has 3 atom stereocenters. The maximum absolute atomic E-state index is 9.30. The molecule has 4 heteroatoms. The molecule has 252 valence electrons. The maximum atomic E-state index is 9.30. The van der Waals surface area contributed by atoms with Crippen LogP contribution in [0.5, 0.6) is 23.0 Å². The van der Waals surface area contributed by atoms with Crippen molar-refractivity contribution in [1.82, 2.24) is 0 Å². The summed E-state index contributed by atoms with van der Waals surface area (Å²) in [6, 6.07) is 28.2. The van der Waals surface area contributed by atoms with E-state index >= 15 is 0 Å². The minimum atomic E-state index is 0.216. The van der Waals surface area contributed by atoms with E-state index in [1.807, 2.05) is 55.5 Å². The number of aryl methyl sites for hydroxylation is 1. The highest BCUT2D eigenvalue weighted by Crippen LogP contribution is 2.28. The van der Waals surface area contributed by atoms with Crippen LogP contribution < -0.4 is 0 Å². The second kappa shape index (κ2) is 20.3. The zero-order valence-electron chi connectivity index (χ0n) is 30.0. The minimum Gasteiger partial charge on any atom is -0.508 e. The van der Waals surface area contributed by atoms with Gasteiger partial charge in [0.25, 0.3) is 0 Å². The Bertz CT molecular complexity index is 1390. The van der Waals surface area contributed by atoms with Crippen molar-refractivity contribution in [3.63, 3.8) is 0 Å². The molecule has 0 aliphatic heterocycles. The van der Waals surface area contributed by atoms with Crippen molar-refractivity contribution in [1.29, 1.82) is 0 Å². The fraction of sp³-hybridized carbons (Fsp3) is 0.429. The molecule has 0 fully saturated rings. The molecule has 0 radical (unpaired) electrons. The molecular formula is C42H60O4. The predicted octanol–water partition coefficient (Wildman–Crippen LogP) is 12.1. The number of phenolic OH excluding ortho intramolecular Hbond substituents is 4. The lowest BCUT2D eigenvalue weighted by Crippen LogP contribution is -2.14. The summed E-state index contributed by atoms with van der Waals surface area (Å²) in [6.07, 6.45) is 4.51. The molecule has 4 aromatic rings. The van der Waals surface area contributed by atoms with Gasteiger partial charge >= 0.3 is 0 Å². The molecule has 4 nitrogen and oxygen atoms in total. The Labute approximate surface area is 279 Å². The van der Waals surface area contributed by atoms with Gasteiger partial charge in [-0.2, -0.15) is 0 Å². The number of benzene rings is 4. The maximum Gasteiger partial charge on any atom is 0.118 e. The summed E-state index contributed by atoms with van der Waals surface area (Å²) in [4.78, 5) is 0. The van der Waals surface area contributed by atoms with Gasteiger partial charge < -0.3 is 20.4 Å². The second-order valence-corrected chi connectivity index (χ2v) is 12.9. The molecule has 46 heavy (non-hydrogen) atoms. The summed E-state index contributed by atoms with van der Waals surface area (Å²) in [7, 11) is 0. The van der Waals surface area contributed by atoms with Crippen LogP contribution in [-0.2, 0) is 5.41 Å². The number of phenols is 4. The number of rotatable bonds is 8. The van der Waals surface area contributed by atoms with Crippen molar-refractivity contribution >= 4 is 0 Å². The third kappa shape index (κ3) is 14.0. The van der Waals surface area contributed by atoms with Gasteiger partial charge in [0.05, 0.1) is 0 Å². The van der Waals surface area contributed by atoms with Crippen LogP contribution in [0.15, 0.2) is 91.0 Å². The summed E-state index contributed by atoms with van der Waals surface area (Å²) in [5.74, 6) is 3.16. The van der Waals surface area contributed by atoms with E-state index in [0.717, 1.165) is 31.2 Å². The first-order valence-electron chi connectivity index (χ1n) is 16.9. The molecule has 4 rings (SSSR count). The van der Waals surface area contributed by atoms with Crippen LogP contribution >= 0.6 is 0 Å². The first kappa shape index (κ1) is 40.1. The van der Waals surface area contributed by atoms with E-state index in [9.17, 15) is 5.11 Å². The van der Waals surface area contributed by atoms with Crippen LogP contribution in [0.2, 0.25) is 0 Å². The first-order chi connectivity index (χ1) is 21.7. The molecule has 0 aliphatic carbocycles. The lowest BCUT2D eigenvalue weighted by molar-refractivity contribution is 0.470. The zero-order valence-corrected chi connectivity index (χ0v) is 30.0. The summed E-state index contributed by atoms with van der Waals surface area (Å²) in [5.41, 5.74) is 6.29. The normalized spacial score (nSPS) is 12.6. The van der Waals surface area contributed by atoms with Gasteiger partial charge in [0.1, 0.15) is 23.0 Å². The van der Waals surface area contributed by atoms with Gasteiger partial charge in [-0.1, -0.05) is 111 Å². The van der Waals surface area contributed by atoms with E-state index in [2.05, 4.69) is 68.4 Å². The second-order valence-electron chi connectivity index (χ2n) is 12.9. The smallest absolute Gasteiger partial charge is 0.118 e. The van der Waals surface area contributed by atoms with E-state index in [1.165, 1.54) is 22.3 Å². The zero-order chi connectivity index (χ0) is 34.9. The quantitative estimate of drug-likeness (QED) is 0.156. The number of hydrogen-bond donors (Lipinski definition) is 4. The average Bonchev–Trinajstić information content (AvgIpc) is 3.06. The molecule has 3 unspecified atom stereocenters. The van der Waals surface area contributed by atoms with Crippen LogP contribution in [0.25, 0.3) is 0 Å². The van der Waals surface area contributed by atoms with Gasteiger partial charge in [0.2, 0.25) is 0 Å². The number of aromatic hydroxyl groups is 4. The molecule has 0 aliphatic rings. The van der Waals surface area contributed by atoms with E-state index in [4.69, 9.17) is 15.3 Å². The van der Waals surface area contributed by atoms with Crippen molar-refractivity contribution in [2.75, 3.05) is 0 Å². The Balaban J connectivity index is 0.000000307. The monoisotopic (exact) mass is 628 g/mol. The molecule has 0 heterocycles. The van der Waals surface area contributed by atoms with Crippen LogP contribution in [-0.4, -0.2) is 20.4 Å². The highest BCUT2D eigenvalue weighted by Gasteiger charge is 2.17. The molecule has 0 spiro atoms. The standard InChI is InChI=1S/2C11H16O.2C10H14O/c1-4-11(2,3)9-5-7-10(12)8-6-9;1-4-8(2)10-5-6-11(12)9(3)7-10;1-3-8(2)9-4-6-10(11)7-5-9;1-3-8(2)9-5-4-6-10(11)7-9/h2*5-8,12H,4H2,1-3H3;2*4-8,11H,3H2,1-2H3. The molecule has 4 N–H and O–H groups in total. The minimum absolute atomic E-state index is 0.216. The molecule has 0 saturated carbocycles. The highest BCUT2D eigenvalue weighted by atomic mass is 16.3.